The fraction of sp³-hybridized carbons (Fsp3) is 0.824. The van der Waals surface area contributed by atoms with E-state index in [1.807, 2.05) is 20.8 Å². The standard InChI is InChI=1S/C17H30O7/c1-5-8-11-21-17(22-12-9-6-2,23-13-10-7-3)16(20)24-15(19)14(4)18/h5-13H2,1-4H3. The molecule has 0 saturated heterocycles. The topological polar surface area (TPSA) is 88.1 Å². The molecule has 0 aliphatic heterocycles. The van der Waals surface area contributed by atoms with Crippen molar-refractivity contribution in [2.45, 2.75) is 72.2 Å². The lowest BCUT2D eigenvalue weighted by molar-refractivity contribution is -0.363. The highest BCUT2D eigenvalue weighted by Gasteiger charge is 2.46. The summed E-state index contributed by atoms with van der Waals surface area (Å²) in [7, 11) is 0. The average Bonchev–Trinajstić information content (AvgIpc) is 2.54. The molecule has 0 fully saturated rings. The fourth-order valence-corrected chi connectivity index (χ4v) is 1.57. The van der Waals surface area contributed by atoms with Crippen LogP contribution in [0.5, 0.6) is 0 Å². The Morgan fingerprint density at radius 2 is 1.12 bits per heavy atom. The van der Waals surface area contributed by atoms with Gasteiger partial charge in [0.15, 0.2) is 0 Å². The normalized spacial score (nSPS) is 11.3. The van der Waals surface area contributed by atoms with E-state index in [1.54, 1.807) is 0 Å². The smallest absolute Gasteiger partial charge is 0.381 e. The van der Waals surface area contributed by atoms with Crippen LogP contribution in [0.3, 0.4) is 0 Å². The first-order valence-electron chi connectivity index (χ1n) is 8.62. The zero-order valence-corrected chi connectivity index (χ0v) is 15.2. The van der Waals surface area contributed by atoms with Crippen molar-refractivity contribution in [1.82, 2.24) is 0 Å². The lowest BCUT2D eigenvalue weighted by Gasteiger charge is -2.30. The van der Waals surface area contributed by atoms with Gasteiger partial charge in [-0.15, -0.1) is 0 Å². The van der Waals surface area contributed by atoms with E-state index in [9.17, 15) is 14.4 Å². The van der Waals surface area contributed by atoms with Crippen molar-refractivity contribution in [1.29, 1.82) is 0 Å². The Labute approximate surface area is 144 Å². The van der Waals surface area contributed by atoms with Gasteiger partial charge in [0.2, 0.25) is 5.78 Å². The summed E-state index contributed by atoms with van der Waals surface area (Å²) in [4.78, 5) is 34.9. The van der Waals surface area contributed by atoms with E-state index in [1.165, 1.54) is 0 Å². The summed E-state index contributed by atoms with van der Waals surface area (Å²) < 4.78 is 21.1. The summed E-state index contributed by atoms with van der Waals surface area (Å²) in [5, 5.41) is 0. The second-order valence-corrected chi connectivity index (χ2v) is 5.40. The van der Waals surface area contributed by atoms with Crippen LogP contribution in [0, 0.1) is 0 Å². The van der Waals surface area contributed by atoms with Crippen LogP contribution in [0.4, 0.5) is 0 Å². The van der Waals surface area contributed by atoms with E-state index < -0.39 is 23.7 Å². The molecule has 0 N–H and O–H groups in total. The SMILES string of the molecule is CCCCOC(OCCCC)(OCCCC)C(=O)OC(=O)C(C)=O. The van der Waals surface area contributed by atoms with Crippen LogP contribution in [0.1, 0.15) is 66.2 Å². The Morgan fingerprint density at radius 1 is 0.750 bits per heavy atom. The van der Waals surface area contributed by atoms with Crippen LogP contribution < -0.4 is 0 Å². The van der Waals surface area contributed by atoms with Gasteiger partial charge in [0.1, 0.15) is 0 Å². The molecule has 7 nitrogen and oxygen atoms in total. The van der Waals surface area contributed by atoms with Crippen LogP contribution >= 0.6 is 0 Å². The first kappa shape index (κ1) is 22.7. The van der Waals surface area contributed by atoms with Crippen LogP contribution in [0.2, 0.25) is 0 Å². The molecule has 0 aromatic rings. The molecule has 0 heterocycles. The van der Waals surface area contributed by atoms with E-state index in [0.717, 1.165) is 26.2 Å². The average molecular weight is 346 g/mol. The van der Waals surface area contributed by atoms with Gasteiger partial charge >= 0.3 is 17.9 Å². The van der Waals surface area contributed by atoms with E-state index >= 15 is 0 Å². The van der Waals surface area contributed by atoms with Crippen molar-refractivity contribution in [3.63, 3.8) is 0 Å². The molecule has 0 aliphatic carbocycles. The largest absolute Gasteiger partial charge is 0.406 e. The molecule has 0 unspecified atom stereocenters. The van der Waals surface area contributed by atoms with Gasteiger partial charge < -0.3 is 18.9 Å². The molecular formula is C17H30O7. The summed E-state index contributed by atoms with van der Waals surface area (Å²) in [6.45, 7) is 7.55. The summed E-state index contributed by atoms with van der Waals surface area (Å²) in [6, 6.07) is 0. The minimum absolute atomic E-state index is 0.206. The second kappa shape index (κ2) is 13.0. The number of hydrogen-bond acceptors (Lipinski definition) is 7. The molecule has 0 atom stereocenters. The number of carbonyl (C=O) groups is 3. The highest BCUT2D eigenvalue weighted by atomic mass is 16.9. The van der Waals surface area contributed by atoms with Gasteiger partial charge in [-0.1, -0.05) is 40.0 Å². The predicted octanol–water partition coefficient (Wildman–Crippen LogP) is 2.75. The van der Waals surface area contributed by atoms with E-state index in [4.69, 9.17) is 14.2 Å². The highest BCUT2D eigenvalue weighted by Crippen LogP contribution is 2.21. The Balaban J connectivity index is 5.19. The molecule has 24 heavy (non-hydrogen) atoms. The van der Waals surface area contributed by atoms with E-state index in [-0.39, 0.29) is 19.8 Å². The molecule has 0 aromatic heterocycles. The lowest BCUT2D eigenvalue weighted by atomic mass is 10.3. The third-order valence-electron chi connectivity index (χ3n) is 3.09. The minimum Gasteiger partial charge on any atom is -0.381 e. The molecule has 0 saturated carbocycles. The number of carbonyl (C=O) groups excluding carboxylic acids is 3. The Kier molecular flexibility index (Phi) is 12.3. The van der Waals surface area contributed by atoms with Crippen LogP contribution in [0.25, 0.3) is 0 Å². The first-order valence-corrected chi connectivity index (χ1v) is 8.62. The summed E-state index contributed by atoms with van der Waals surface area (Å²) in [5.41, 5.74) is 0. The molecule has 0 bridgehead atoms. The Morgan fingerprint density at radius 3 is 1.42 bits per heavy atom. The molecule has 7 heteroatoms. The molecule has 0 radical (unpaired) electrons. The summed E-state index contributed by atoms with van der Waals surface area (Å²) in [5.74, 6) is -5.40. The maximum absolute atomic E-state index is 12.4. The maximum atomic E-state index is 12.4. The van der Waals surface area contributed by atoms with Gasteiger partial charge in [-0.05, 0) is 19.3 Å². The van der Waals surface area contributed by atoms with Crippen molar-refractivity contribution in [2.75, 3.05) is 19.8 Å². The second-order valence-electron chi connectivity index (χ2n) is 5.40. The number of ketones is 1. The van der Waals surface area contributed by atoms with Gasteiger partial charge in [-0.25, -0.2) is 9.59 Å². The number of ether oxygens (including phenoxy) is 4. The van der Waals surface area contributed by atoms with Crippen LogP contribution in [0.15, 0.2) is 0 Å². The van der Waals surface area contributed by atoms with Crippen molar-refractivity contribution < 1.29 is 33.3 Å². The number of Topliss-reactive ketones (excluding diaryl/α,β-unsaturated/α-hetero) is 1. The van der Waals surface area contributed by atoms with Crippen LogP contribution in [-0.4, -0.2) is 43.5 Å². The van der Waals surface area contributed by atoms with Gasteiger partial charge in [-0.3, -0.25) is 4.79 Å². The molecule has 0 spiro atoms. The first-order chi connectivity index (χ1) is 11.4. The third kappa shape index (κ3) is 8.52. The quantitative estimate of drug-likeness (QED) is 0.157. The predicted molar refractivity (Wildman–Crippen MR) is 87.1 cm³/mol. The van der Waals surface area contributed by atoms with E-state index in [0.29, 0.717) is 19.3 Å². The summed E-state index contributed by atoms with van der Waals surface area (Å²) in [6.07, 6.45) is 4.60. The molecule has 0 rings (SSSR count). The number of esters is 2. The van der Waals surface area contributed by atoms with Gasteiger partial charge in [-0.2, -0.15) is 0 Å². The molecule has 0 aromatic carbocycles. The zero-order chi connectivity index (χ0) is 18.4. The zero-order valence-electron chi connectivity index (χ0n) is 15.2. The van der Waals surface area contributed by atoms with Crippen molar-refractivity contribution in [3.8, 4) is 0 Å². The van der Waals surface area contributed by atoms with Gasteiger partial charge in [0.05, 0.1) is 19.8 Å². The van der Waals surface area contributed by atoms with Crippen molar-refractivity contribution >= 4 is 17.7 Å². The van der Waals surface area contributed by atoms with Gasteiger partial charge in [0, 0.05) is 6.92 Å². The monoisotopic (exact) mass is 346 g/mol. The third-order valence-corrected chi connectivity index (χ3v) is 3.09. The number of rotatable bonds is 14. The Hall–Kier alpha value is -1.31. The highest BCUT2D eigenvalue weighted by molar-refractivity contribution is 6.34. The molecular weight excluding hydrogens is 316 g/mol. The molecule has 0 amide bonds. The Bertz CT molecular complexity index is 366. The number of unbranched alkanes of at least 4 members (excludes halogenated alkanes) is 3. The number of hydrogen-bond donors (Lipinski definition) is 0. The summed E-state index contributed by atoms with van der Waals surface area (Å²) >= 11 is 0. The van der Waals surface area contributed by atoms with E-state index in [2.05, 4.69) is 4.74 Å². The minimum atomic E-state index is -2.11. The van der Waals surface area contributed by atoms with Gasteiger partial charge in [0.25, 0.3) is 0 Å². The van der Waals surface area contributed by atoms with Crippen molar-refractivity contribution in [2.24, 2.45) is 0 Å². The maximum Gasteiger partial charge on any atom is 0.406 e. The van der Waals surface area contributed by atoms with Crippen LogP contribution in [-0.2, 0) is 33.3 Å². The van der Waals surface area contributed by atoms with Crippen molar-refractivity contribution in [3.05, 3.63) is 0 Å². The fourth-order valence-electron chi connectivity index (χ4n) is 1.57. The lowest BCUT2D eigenvalue weighted by Crippen LogP contribution is -2.50. The molecule has 140 valence electrons. The molecule has 0 aliphatic rings.